The van der Waals surface area contributed by atoms with Crippen LogP contribution in [0.4, 0.5) is 0 Å². The Kier molecular flexibility index (Phi) is 39.7. The quantitative estimate of drug-likeness (QED) is 0.0376. The Balaban J connectivity index is 3.06. The number of hydrogen-bond donors (Lipinski definition) is 0. The second-order valence-corrected chi connectivity index (χ2v) is 15.0. The Morgan fingerprint density at radius 3 is 0.696 bits per heavy atom. The third kappa shape index (κ3) is 39.4. The lowest BCUT2D eigenvalue weighted by Gasteiger charge is -2.05. The van der Waals surface area contributed by atoms with E-state index in [1.807, 2.05) is 0 Å². The molecule has 46 heavy (non-hydrogen) atoms. The third-order valence-electron chi connectivity index (χ3n) is 10.1. The number of carbonyl (C=O) groups is 1. The van der Waals surface area contributed by atoms with E-state index in [4.69, 9.17) is 4.74 Å². The van der Waals surface area contributed by atoms with Crippen molar-refractivity contribution in [1.82, 2.24) is 0 Å². The summed E-state index contributed by atoms with van der Waals surface area (Å²) >= 11 is 0. The maximum atomic E-state index is 11.3. The van der Waals surface area contributed by atoms with Crippen molar-refractivity contribution in [2.45, 2.75) is 258 Å². The standard InChI is InChI=1S/C44H86O2/c1-4-5-6-7-8-9-10-11-12-13-14-15-16-17-18-19-20-21-22-23-24-25-26-27-28-29-30-31-32-33-34-35-36-37-38-39-40-41-42-46-44(45)43(2)3/h2,4-42H2,1,3H3. The van der Waals surface area contributed by atoms with Gasteiger partial charge in [0.05, 0.1) is 6.61 Å². The Hall–Kier alpha value is -0.790. The van der Waals surface area contributed by atoms with Gasteiger partial charge in [-0.3, -0.25) is 0 Å². The fourth-order valence-electron chi connectivity index (χ4n) is 6.83. The molecule has 0 aliphatic rings. The van der Waals surface area contributed by atoms with Crippen LogP contribution < -0.4 is 0 Å². The molecular weight excluding hydrogens is 560 g/mol. The van der Waals surface area contributed by atoms with Crippen LogP contribution in [-0.4, -0.2) is 12.6 Å². The molecule has 0 aromatic heterocycles. The van der Waals surface area contributed by atoms with E-state index in [-0.39, 0.29) is 5.97 Å². The van der Waals surface area contributed by atoms with E-state index in [9.17, 15) is 4.79 Å². The van der Waals surface area contributed by atoms with Gasteiger partial charge in [0, 0.05) is 5.57 Å². The fourth-order valence-corrected chi connectivity index (χ4v) is 6.83. The molecule has 0 rings (SSSR count). The Morgan fingerprint density at radius 1 is 0.348 bits per heavy atom. The monoisotopic (exact) mass is 647 g/mol. The summed E-state index contributed by atoms with van der Waals surface area (Å²) in [7, 11) is 0. The van der Waals surface area contributed by atoms with E-state index in [0.29, 0.717) is 12.2 Å². The predicted molar refractivity (Wildman–Crippen MR) is 207 cm³/mol. The lowest BCUT2D eigenvalue weighted by atomic mass is 10.0. The van der Waals surface area contributed by atoms with Crippen LogP contribution >= 0.6 is 0 Å². The van der Waals surface area contributed by atoms with Crippen LogP contribution in [0, 0.1) is 0 Å². The minimum absolute atomic E-state index is 0.249. The first-order valence-corrected chi connectivity index (χ1v) is 21.5. The Morgan fingerprint density at radius 2 is 0.522 bits per heavy atom. The lowest BCUT2D eigenvalue weighted by molar-refractivity contribution is -0.139. The summed E-state index contributed by atoms with van der Waals surface area (Å²) in [5, 5.41) is 0. The van der Waals surface area contributed by atoms with Crippen molar-refractivity contribution < 1.29 is 9.53 Å². The van der Waals surface area contributed by atoms with Gasteiger partial charge in [0.1, 0.15) is 0 Å². The van der Waals surface area contributed by atoms with E-state index in [0.717, 1.165) is 6.42 Å². The second-order valence-electron chi connectivity index (χ2n) is 15.0. The highest BCUT2D eigenvalue weighted by Gasteiger charge is 2.02. The van der Waals surface area contributed by atoms with Crippen LogP contribution in [0.5, 0.6) is 0 Å². The van der Waals surface area contributed by atoms with Crippen molar-refractivity contribution in [3.63, 3.8) is 0 Å². The molecule has 0 atom stereocenters. The third-order valence-corrected chi connectivity index (χ3v) is 10.1. The number of carbonyl (C=O) groups excluding carboxylic acids is 1. The molecule has 0 radical (unpaired) electrons. The topological polar surface area (TPSA) is 26.3 Å². The van der Waals surface area contributed by atoms with Gasteiger partial charge in [0.25, 0.3) is 0 Å². The molecule has 0 aliphatic heterocycles. The predicted octanol–water partition coefficient (Wildman–Crippen LogP) is 15.9. The first kappa shape index (κ1) is 45.2. The van der Waals surface area contributed by atoms with Crippen molar-refractivity contribution in [3.05, 3.63) is 12.2 Å². The molecule has 0 unspecified atom stereocenters. The Labute approximate surface area is 291 Å². The molecular formula is C44H86O2. The van der Waals surface area contributed by atoms with Gasteiger partial charge < -0.3 is 4.74 Å². The molecule has 0 N–H and O–H groups in total. The number of esters is 1. The van der Waals surface area contributed by atoms with Crippen molar-refractivity contribution in [2.24, 2.45) is 0 Å². The zero-order valence-corrected chi connectivity index (χ0v) is 32.1. The van der Waals surface area contributed by atoms with Gasteiger partial charge in [-0.15, -0.1) is 0 Å². The summed E-state index contributed by atoms with van der Waals surface area (Å²) in [6, 6.07) is 0. The van der Waals surface area contributed by atoms with E-state index < -0.39 is 0 Å². The SMILES string of the molecule is C=C(C)C(=O)OCCCCCCCCCCCCCCCCCCCCCCCCCCCCCCCCCCCCCCCC. The van der Waals surface area contributed by atoms with Crippen LogP contribution in [0.3, 0.4) is 0 Å². The molecule has 0 fully saturated rings. The maximum absolute atomic E-state index is 11.3. The van der Waals surface area contributed by atoms with Crippen LogP contribution in [0.2, 0.25) is 0 Å². The lowest BCUT2D eigenvalue weighted by Crippen LogP contribution is -2.05. The van der Waals surface area contributed by atoms with Crippen LogP contribution in [0.1, 0.15) is 258 Å². The van der Waals surface area contributed by atoms with Gasteiger partial charge in [-0.05, 0) is 13.3 Å². The Bertz CT molecular complexity index is 597. The molecule has 2 nitrogen and oxygen atoms in total. The van der Waals surface area contributed by atoms with Crippen molar-refractivity contribution in [1.29, 1.82) is 0 Å². The molecule has 0 bridgehead atoms. The van der Waals surface area contributed by atoms with E-state index in [2.05, 4.69) is 13.5 Å². The number of unbranched alkanes of at least 4 members (excludes halogenated alkanes) is 37. The molecule has 274 valence electrons. The molecule has 0 heterocycles. The van der Waals surface area contributed by atoms with Crippen LogP contribution in [-0.2, 0) is 9.53 Å². The van der Waals surface area contributed by atoms with E-state index >= 15 is 0 Å². The zero-order chi connectivity index (χ0) is 33.4. The number of rotatable bonds is 40. The highest BCUT2D eigenvalue weighted by Crippen LogP contribution is 2.17. The molecule has 0 aromatic rings. The second kappa shape index (κ2) is 40.4. The normalized spacial score (nSPS) is 11.3. The van der Waals surface area contributed by atoms with Gasteiger partial charge >= 0.3 is 5.97 Å². The summed E-state index contributed by atoms with van der Waals surface area (Å²) in [6.07, 6.45) is 54.5. The van der Waals surface area contributed by atoms with Gasteiger partial charge in [-0.2, -0.15) is 0 Å². The van der Waals surface area contributed by atoms with Gasteiger partial charge in [0.2, 0.25) is 0 Å². The molecule has 0 aromatic carbocycles. The number of hydrogen-bond acceptors (Lipinski definition) is 2. The summed E-state index contributed by atoms with van der Waals surface area (Å²) < 4.78 is 5.14. The molecule has 0 amide bonds. The minimum atomic E-state index is -0.249. The van der Waals surface area contributed by atoms with Crippen LogP contribution in [0.15, 0.2) is 12.2 Å². The molecule has 2 heteroatoms. The average molecular weight is 647 g/mol. The number of ether oxygens (including phenoxy) is 1. The molecule has 0 saturated heterocycles. The van der Waals surface area contributed by atoms with Crippen molar-refractivity contribution in [3.8, 4) is 0 Å². The summed E-state index contributed by atoms with van der Waals surface area (Å²) in [5.74, 6) is -0.249. The highest BCUT2D eigenvalue weighted by atomic mass is 16.5. The van der Waals surface area contributed by atoms with Crippen LogP contribution in [0.25, 0.3) is 0 Å². The smallest absolute Gasteiger partial charge is 0.333 e. The largest absolute Gasteiger partial charge is 0.462 e. The summed E-state index contributed by atoms with van der Waals surface area (Å²) in [5.41, 5.74) is 0.497. The van der Waals surface area contributed by atoms with Crippen molar-refractivity contribution >= 4 is 5.97 Å². The first-order valence-electron chi connectivity index (χ1n) is 21.5. The minimum Gasteiger partial charge on any atom is -0.462 e. The average Bonchev–Trinajstić information content (AvgIpc) is 3.05. The summed E-state index contributed by atoms with van der Waals surface area (Å²) in [4.78, 5) is 11.3. The van der Waals surface area contributed by atoms with E-state index in [1.165, 1.54) is 238 Å². The fraction of sp³-hybridized carbons (Fsp3) is 0.932. The van der Waals surface area contributed by atoms with Gasteiger partial charge in [-0.25, -0.2) is 4.79 Å². The molecule has 0 saturated carbocycles. The van der Waals surface area contributed by atoms with Gasteiger partial charge in [-0.1, -0.05) is 251 Å². The maximum Gasteiger partial charge on any atom is 0.333 e. The van der Waals surface area contributed by atoms with Crippen molar-refractivity contribution in [2.75, 3.05) is 6.61 Å². The summed E-state index contributed by atoms with van der Waals surface area (Å²) in [6.45, 7) is 8.16. The zero-order valence-electron chi connectivity index (χ0n) is 32.1. The molecule has 0 spiro atoms. The first-order chi connectivity index (χ1) is 22.7. The highest BCUT2D eigenvalue weighted by molar-refractivity contribution is 5.86. The molecule has 0 aliphatic carbocycles. The van der Waals surface area contributed by atoms with Gasteiger partial charge in [0.15, 0.2) is 0 Å². The van der Waals surface area contributed by atoms with E-state index in [1.54, 1.807) is 6.92 Å².